The Labute approximate surface area is 282 Å². The summed E-state index contributed by atoms with van der Waals surface area (Å²) in [6.07, 6.45) is 10.1. The Morgan fingerprint density at radius 2 is 1.53 bits per heavy atom. The van der Waals surface area contributed by atoms with Crippen molar-refractivity contribution in [3.8, 4) is 0 Å². The van der Waals surface area contributed by atoms with Crippen LogP contribution < -0.4 is 16.0 Å². The normalized spacial score (nSPS) is 42.0. The summed E-state index contributed by atoms with van der Waals surface area (Å²) in [5.74, 6) is 0.317. The number of fused-ring (bicyclic) bond motifs is 7. The molecule has 0 aromatic rings. The van der Waals surface area contributed by atoms with E-state index in [-0.39, 0.29) is 88.2 Å². The Kier molecular flexibility index (Phi) is 9.52. The zero-order valence-electron chi connectivity index (χ0n) is 30.3. The van der Waals surface area contributed by atoms with Crippen LogP contribution in [0.2, 0.25) is 0 Å². The number of urea groups is 1. The van der Waals surface area contributed by atoms with E-state index in [9.17, 15) is 24.3 Å². The van der Waals surface area contributed by atoms with Crippen molar-refractivity contribution in [2.75, 3.05) is 26.2 Å². The predicted octanol–water partition coefficient (Wildman–Crippen LogP) is 5.70. The highest BCUT2D eigenvalue weighted by Gasteiger charge is 2.70. The van der Waals surface area contributed by atoms with Crippen molar-refractivity contribution in [2.45, 2.75) is 126 Å². The fourth-order valence-electron chi connectivity index (χ4n) is 11.5. The highest BCUT2D eigenvalue weighted by Crippen LogP contribution is 2.75. The average molecular weight is 656 g/mol. The maximum atomic E-state index is 14.5. The number of rotatable bonds is 8. The minimum Gasteiger partial charge on any atom is -0.466 e. The van der Waals surface area contributed by atoms with Gasteiger partial charge in [-0.3, -0.25) is 14.4 Å². The van der Waals surface area contributed by atoms with E-state index in [1.165, 1.54) is 5.57 Å². The number of ether oxygens (including phenoxy) is 1. The highest BCUT2D eigenvalue weighted by molar-refractivity contribution is 5.95. The van der Waals surface area contributed by atoms with Gasteiger partial charge in [0.25, 0.3) is 0 Å². The van der Waals surface area contributed by atoms with Crippen LogP contribution in [0, 0.1) is 50.2 Å². The van der Waals surface area contributed by atoms with Crippen LogP contribution in [0.15, 0.2) is 11.6 Å². The van der Waals surface area contributed by atoms with Gasteiger partial charge in [-0.15, -0.1) is 0 Å². The molecule has 9 nitrogen and oxygen atoms in total. The van der Waals surface area contributed by atoms with Gasteiger partial charge in [0.05, 0.1) is 19.1 Å². The molecule has 5 rings (SSSR count). The van der Waals surface area contributed by atoms with Gasteiger partial charge in [0, 0.05) is 31.0 Å². The SMILES string of the molecule is CCOC(=O)CCNC(=O)NCCNC(=O)[C@@]1(C)CC[C@]2(C)CC[C@]3(C)C(=CC(=O)[C@@H]4[C@@]5(C)CC[C@H](O)C(C)(C)[C@@H]5CC[C@]43C)[C@@H]2C1. The zero-order valence-corrected chi connectivity index (χ0v) is 30.3. The maximum Gasteiger partial charge on any atom is 0.314 e. The molecule has 47 heavy (non-hydrogen) atoms. The molecule has 264 valence electrons. The van der Waals surface area contributed by atoms with Crippen LogP contribution in [-0.4, -0.2) is 61.1 Å². The Balaban J connectivity index is 1.29. The molecule has 9 atom stereocenters. The third kappa shape index (κ3) is 5.84. The lowest BCUT2D eigenvalue weighted by Gasteiger charge is -2.70. The molecule has 0 unspecified atom stereocenters. The van der Waals surface area contributed by atoms with Crippen molar-refractivity contribution in [3.05, 3.63) is 11.6 Å². The summed E-state index contributed by atoms with van der Waals surface area (Å²) in [6.45, 7) is 18.9. The van der Waals surface area contributed by atoms with E-state index in [1.807, 2.05) is 6.08 Å². The fraction of sp³-hybridized carbons (Fsp3) is 0.842. The molecule has 0 aliphatic heterocycles. The number of nitrogens with one attached hydrogen (secondary N) is 3. The average Bonchev–Trinajstić information content (AvgIpc) is 2.99. The molecular formula is C38H61N3O6. The number of hydrogen-bond donors (Lipinski definition) is 4. The first-order valence-electron chi connectivity index (χ1n) is 18.3. The predicted molar refractivity (Wildman–Crippen MR) is 181 cm³/mol. The molecule has 0 heterocycles. The first kappa shape index (κ1) is 35.9. The van der Waals surface area contributed by atoms with Crippen molar-refractivity contribution in [1.29, 1.82) is 0 Å². The first-order valence-corrected chi connectivity index (χ1v) is 18.3. The number of aliphatic hydroxyl groups is 1. The molecule has 4 N–H and O–H groups in total. The summed E-state index contributed by atoms with van der Waals surface area (Å²) in [6, 6.07) is -0.388. The van der Waals surface area contributed by atoms with Crippen LogP contribution in [0.3, 0.4) is 0 Å². The zero-order chi connectivity index (χ0) is 34.6. The lowest BCUT2D eigenvalue weighted by molar-refractivity contribution is -0.202. The van der Waals surface area contributed by atoms with Gasteiger partial charge >= 0.3 is 12.0 Å². The van der Waals surface area contributed by atoms with E-state index in [1.54, 1.807) is 6.92 Å². The molecule has 5 aliphatic carbocycles. The van der Waals surface area contributed by atoms with Gasteiger partial charge in [0.15, 0.2) is 5.78 Å². The molecule has 0 saturated heterocycles. The highest BCUT2D eigenvalue weighted by atomic mass is 16.5. The lowest BCUT2D eigenvalue weighted by atomic mass is 9.33. The molecule has 4 fully saturated rings. The monoisotopic (exact) mass is 655 g/mol. The molecular weight excluding hydrogens is 594 g/mol. The molecule has 3 amide bonds. The number of aliphatic hydroxyl groups excluding tert-OH is 1. The van der Waals surface area contributed by atoms with Crippen molar-refractivity contribution in [3.63, 3.8) is 0 Å². The van der Waals surface area contributed by atoms with Gasteiger partial charge in [-0.1, -0.05) is 54.0 Å². The van der Waals surface area contributed by atoms with Gasteiger partial charge in [-0.25, -0.2) is 4.79 Å². The van der Waals surface area contributed by atoms with E-state index >= 15 is 0 Å². The Morgan fingerprint density at radius 1 is 0.872 bits per heavy atom. The van der Waals surface area contributed by atoms with Crippen molar-refractivity contribution < 1.29 is 29.0 Å². The summed E-state index contributed by atoms with van der Waals surface area (Å²) in [5.41, 5.74) is 0.112. The number of carbonyl (C=O) groups is 4. The second-order valence-electron chi connectivity index (χ2n) is 17.6. The van der Waals surface area contributed by atoms with Crippen molar-refractivity contribution in [1.82, 2.24) is 16.0 Å². The molecule has 0 aromatic carbocycles. The number of allylic oxidation sites excluding steroid dienone is 2. The summed E-state index contributed by atoms with van der Waals surface area (Å²) in [7, 11) is 0. The standard InChI is InChI=1S/C38H61N3O6/c1-9-47-29(44)12-19-40-32(46)41-21-20-39-31(45)35(5)16-15-34(4)17-18-37(7)24(25(34)23-35)22-26(42)30-36(6)13-11-28(43)33(2,3)27(36)10-14-38(30,37)8/h22,25,27-28,30,43H,9-21,23H2,1-8H3,(H,39,45)(H2,40,41,46)/t25-,27-,28-,30+,34+,35-,36-,37+,38+/m0/s1. The lowest BCUT2D eigenvalue weighted by Crippen LogP contribution is -2.66. The van der Waals surface area contributed by atoms with Gasteiger partial charge in [0.1, 0.15) is 0 Å². The Hall–Kier alpha value is -2.42. The quantitative estimate of drug-likeness (QED) is 0.196. The number of hydrogen-bond acceptors (Lipinski definition) is 6. The second kappa shape index (κ2) is 12.5. The van der Waals surface area contributed by atoms with Crippen LogP contribution in [0.25, 0.3) is 0 Å². The van der Waals surface area contributed by atoms with Crippen LogP contribution in [0.5, 0.6) is 0 Å². The summed E-state index contributed by atoms with van der Waals surface area (Å²) in [4.78, 5) is 51.8. The van der Waals surface area contributed by atoms with Crippen LogP contribution >= 0.6 is 0 Å². The van der Waals surface area contributed by atoms with Crippen LogP contribution in [-0.2, 0) is 19.1 Å². The molecule has 9 heteroatoms. The molecule has 4 saturated carbocycles. The van der Waals surface area contributed by atoms with E-state index in [4.69, 9.17) is 4.74 Å². The maximum absolute atomic E-state index is 14.5. The number of ketones is 1. The number of amides is 3. The molecule has 0 radical (unpaired) electrons. The van der Waals surface area contributed by atoms with Gasteiger partial charge in [-0.05, 0) is 110 Å². The minimum atomic E-state index is -0.570. The first-order chi connectivity index (χ1) is 21.9. The fourth-order valence-corrected chi connectivity index (χ4v) is 11.5. The Morgan fingerprint density at radius 3 is 2.23 bits per heavy atom. The smallest absolute Gasteiger partial charge is 0.314 e. The van der Waals surface area contributed by atoms with Gasteiger partial charge in [-0.2, -0.15) is 0 Å². The number of esters is 1. The molecule has 0 aromatic heterocycles. The molecule has 0 bridgehead atoms. The van der Waals surface area contributed by atoms with E-state index in [0.717, 1.165) is 51.4 Å². The van der Waals surface area contributed by atoms with E-state index in [0.29, 0.717) is 25.5 Å². The molecule has 0 spiro atoms. The van der Waals surface area contributed by atoms with Crippen LogP contribution in [0.1, 0.15) is 120 Å². The number of carbonyl (C=O) groups excluding carboxylic acids is 4. The van der Waals surface area contributed by atoms with E-state index in [2.05, 4.69) is 64.4 Å². The summed E-state index contributed by atoms with van der Waals surface area (Å²) >= 11 is 0. The summed E-state index contributed by atoms with van der Waals surface area (Å²) in [5, 5.41) is 19.5. The second-order valence-corrected chi connectivity index (χ2v) is 17.6. The van der Waals surface area contributed by atoms with E-state index < -0.39 is 5.41 Å². The third-order valence-corrected chi connectivity index (χ3v) is 14.7. The van der Waals surface area contributed by atoms with Gasteiger partial charge < -0.3 is 25.8 Å². The van der Waals surface area contributed by atoms with Gasteiger partial charge in [0.2, 0.25) is 5.91 Å². The largest absolute Gasteiger partial charge is 0.466 e. The third-order valence-electron chi connectivity index (χ3n) is 14.7. The summed E-state index contributed by atoms with van der Waals surface area (Å²) < 4.78 is 4.87. The van der Waals surface area contributed by atoms with Crippen molar-refractivity contribution >= 4 is 23.7 Å². The minimum absolute atomic E-state index is 0.000756. The van der Waals surface area contributed by atoms with Crippen molar-refractivity contribution in [2.24, 2.45) is 50.2 Å². The van der Waals surface area contributed by atoms with Crippen LogP contribution in [0.4, 0.5) is 4.79 Å². The topological polar surface area (TPSA) is 134 Å². The Bertz CT molecular complexity index is 1310. The molecule has 5 aliphatic rings.